The Morgan fingerprint density at radius 3 is 2.50 bits per heavy atom. The molecule has 0 spiro atoms. The van der Waals surface area contributed by atoms with E-state index in [0.29, 0.717) is 12.0 Å². The third-order valence-corrected chi connectivity index (χ3v) is 2.87. The Morgan fingerprint density at radius 1 is 1.33 bits per heavy atom. The number of nitro benzene ring substituents is 1. The molecular weight excluding hydrogens is 262 g/mol. The lowest BCUT2D eigenvalue weighted by Gasteiger charge is -2.04. The van der Waals surface area contributed by atoms with Gasteiger partial charge in [0.2, 0.25) is 0 Å². The Hall–Kier alpha value is -2.15. The fourth-order valence-corrected chi connectivity index (χ4v) is 1.95. The highest BCUT2D eigenvalue weighted by atomic mass is 35.5. The highest BCUT2D eigenvalue weighted by Crippen LogP contribution is 2.23. The van der Waals surface area contributed by atoms with Crippen molar-refractivity contribution in [3.8, 4) is 0 Å². The van der Waals surface area contributed by atoms with E-state index in [9.17, 15) is 19.7 Å². The minimum Gasteiger partial charge on any atom is -0.261 e. The van der Waals surface area contributed by atoms with E-state index < -0.39 is 22.4 Å². The largest absolute Gasteiger partial charge is 0.338 e. The zero-order chi connectivity index (χ0) is 13.4. The first-order valence-electron chi connectivity index (χ1n) is 4.97. The van der Waals surface area contributed by atoms with Gasteiger partial charge in [0.05, 0.1) is 4.92 Å². The molecule has 1 aromatic carbocycles. The van der Waals surface area contributed by atoms with Gasteiger partial charge >= 0.3 is 17.5 Å². The van der Waals surface area contributed by atoms with Gasteiger partial charge in [-0.05, 0) is 18.1 Å². The van der Waals surface area contributed by atoms with E-state index in [1.807, 2.05) is 0 Å². The van der Waals surface area contributed by atoms with Crippen LogP contribution in [-0.2, 0) is 16.0 Å². The second-order valence-electron chi connectivity index (χ2n) is 3.51. The number of nitrogens with zero attached hydrogens (tertiary/aromatic N) is 3. The molecule has 0 atom stereocenters. The van der Waals surface area contributed by atoms with Crippen LogP contribution in [0.3, 0.4) is 0 Å². The van der Waals surface area contributed by atoms with Crippen LogP contribution in [0, 0.1) is 10.1 Å². The summed E-state index contributed by atoms with van der Waals surface area (Å²) in [4.78, 5) is 39.3. The van der Waals surface area contributed by atoms with E-state index in [2.05, 4.69) is 9.98 Å². The predicted molar refractivity (Wildman–Crippen MR) is 59.8 cm³/mol. The summed E-state index contributed by atoms with van der Waals surface area (Å²) in [5, 5.41) is 10.6. The Kier molecular flexibility index (Phi) is 2.92. The maximum atomic E-state index is 11.1. The number of rotatable bonds is 2. The van der Waals surface area contributed by atoms with Crippen molar-refractivity contribution in [3.63, 3.8) is 0 Å². The number of aryl methyl sites for hydroxylation is 1. The fraction of sp³-hybridized carbons (Fsp3) is 0.200. The molecular formula is C10H6ClN3O4. The molecule has 0 aliphatic carbocycles. The highest BCUT2D eigenvalue weighted by molar-refractivity contribution is 6.36. The van der Waals surface area contributed by atoms with Crippen LogP contribution in [0.2, 0.25) is 5.02 Å². The number of halogens is 1. The lowest BCUT2D eigenvalue weighted by atomic mass is 10.1. The van der Waals surface area contributed by atoms with E-state index in [1.54, 1.807) is 6.92 Å². The van der Waals surface area contributed by atoms with Gasteiger partial charge in [-0.2, -0.15) is 4.99 Å². The number of fused-ring (bicyclic) bond motifs is 1. The smallest absolute Gasteiger partial charge is 0.261 e. The van der Waals surface area contributed by atoms with Crippen LogP contribution in [0.15, 0.2) is 16.1 Å². The van der Waals surface area contributed by atoms with E-state index in [1.165, 1.54) is 6.07 Å². The first-order valence-corrected chi connectivity index (χ1v) is 5.35. The predicted octanol–water partition coefficient (Wildman–Crippen LogP) is 0.117. The summed E-state index contributed by atoms with van der Waals surface area (Å²) in [6.45, 7) is 1.75. The number of hydrogen-bond acceptors (Lipinski definition) is 4. The van der Waals surface area contributed by atoms with Crippen molar-refractivity contribution in [3.05, 3.63) is 37.5 Å². The summed E-state index contributed by atoms with van der Waals surface area (Å²) < 4.78 is 0. The molecule has 0 saturated heterocycles. The van der Waals surface area contributed by atoms with Crippen molar-refractivity contribution in [2.24, 2.45) is 9.98 Å². The topological polar surface area (TPSA) is 102 Å². The van der Waals surface area contributed by atoms with Gasteiger partial charge < -0.3 is 0 Å². The van der Waals surface area contributed by atoms with Crippen molar-refractivity contribution in [2.75, 3.05) is 0 Å². The van der Waals surface area contributed by atoms with Crippen molar-refractivity contribution in [1.82, 2.24) is 0 Å². The first kappa shape index (κ1) is 12.3. The molecule has 1 aromatic rings. The lowest BCUT2D eigenvalue weighted by Crippen LogP contribution is -2.37. The van der Waals surface area contributed by atoms with E-state index in [4.69, 9.17) is 11.6 Å². The zero-order valence-corrected chi connectivity index (χ0v) is 9.89. The van der Waals surface area contributed by atoms with Gasteiger partial charge in [-0.25, -0.2) is 4.99 Å². The number of carbonyl (C=O) groups is 2. The maximum Gasteiger partial charge on any atom is 0.338 e. The second kappa shape index (κ2) is 4.26. The number of amides is 2. The Bertz CT molecular complexity index is 711. The van der Waals surface area contributed by atoms with Gasteiger partial charge in [-0.1, -0.05) is 18.5 Å². The third kappa shape index (κ3) is 1.78. The molecule has 2 amide bonds. The summed E-state index contributed by atoms with van der Waals surface area (Å²) >= 11 is 5.89. The average Bonchev–Trinajstić information content (AvgIpc) is 2.30. The van der Waals surface area contributed by atoms with Crippen molar-refractivity contribution >= 4 is 29.1 Å². The van der Waals surface area contributed by atoms with Crippen LogP contribution in [0.5, 0.6) is 0 Å². The first-order chi connectivity index (χ1) is 8.45. The minimum absolute atomic E-state index is 0.00699. The maximum absolute atomic E-state index is 11.1. The lowest BCUT2D eigenvalue weighted by molar-refractivity contribution is -0.386. The molecule has 1 heterocycles. The summed E-state index contributed by atoms with van der Waals surface area (Å²) in [5.74, 6) is -2.17. The molecule has 0 saturated carbocycles. The molecule has 92 valence electrons. The van der Waals surface area contributed by atoms with Gasteiger partial charge in [0.15, 0.2) is 5.36 Å². The molecule has 8 heteroatoms. The summed E-state index contributed by atoms with van der Waals surface area (Å²) in [7, 11) is 0. The fourth-order valence-electron chi connectivity index (χ4n) is 1.60. The quantitative estimate of drug-likeness (QED) is 0.431. The van der Waals surface area contributed by atoms with Crippen LogP contribution < -0.4 is 10.7 Å². The molecule has 0 radical (unpaired) electrons. The third-order valence-electron chi connectivity index (χ3n) is 2.45. The van der Waals surface area contributed by atoms with Gasteiger partial charge in [-0.3, -0.25) is 19.7 Å². The Balaban J connectivity index is 2.99. The molecule has 7 nitrogen and oxygen atoms in total. The van der Waals surface area contributed by atoms with Gasteiger partial charge in [0.1, 0.15) is 10.4 Å². The zero-order valence-electron chi connectivity index (χ0n) is 9.14. The Morgan fingerprint density at radius 2 is 1.94 bits per heavy atom. The van der Waals surface area contributed by atoms with Crippen LogP contribution in [0.4, 0.5) is 5.69 Å². The van der Waals surface area contributed by atoms with E-state index >= 15 is 0 Å². The summed E-state index contributed by atoms with van der Waals surface area (Å²) in [5.41, 5.74) is -0.0150. The number of benzene rings is 1. The second-order valence-corrected chi connectivity index (χ2v) is 3.89. The van der Waals surface area contributed by atoms with Crippen LogP contribution in [0.25, 0.3) is 0 Å². The van der Waals surface area contributed by atoms with Crippen molar-refractivity contribution < 1.29 is 14.5 Å². The van der Waals surface area contributed by atoms with E-state index in [-0.39, 0.29) is 15.7 Å². The molecule has 2 rings (SSSR count). The molecule has 18 heavy (non-hydrogen) atoms. The average molecular weight is 268 g/mol. The molecule has 0 fully saturated rings. The molecule has 0 unspecified atom stereocenters. The number of hydrogen-bond donors (Lipinski definition) is 0. The molecule has 0 aromatic heterocycles. The molecule has 0 bridgehead atoms. The van der Waals surface area contributed by atoms with E-state index in [0.717, 1.165) is 0 Å². The molecule has 0 N–H and O–H groups in total. The molecule has 1 aliphatic heterocycles. The monoisotopic (exact) mass is 267 g/mol. The normalized spacial score (nSPS) is 13.7. The minimum atomic E-state index is -1.13. The summed E-state index contributed by atoms with van der Waals surface area (Å²) in [6, 6.07) is 1.43. The van der Waals surface area contributed by atoms with Crippen LogP contribution >= 0.6 is 11.6 Å². The highest BCUT2D eigenvalue weighted by Gasteiger charge is 2.25. The number of nitro groups is 1. The van der Waals surface area contributed by atoms with Crippen LogP contribution in [-0.4, -0.2) is 16.7 Å². The standard InChI is InChI=1S/C10H6ClN3O4/c1-2-4-3-5-7(8(6(4)11)14(17)18)13-10(16)9(15)12-5/h3H,2H2,1H3. The van der Waals surface area contributed by atoms with Crippen LogP contribution in [0.1, 0.15) is 12.5 Å². The van der Waals surface area contributed by atoms with Gasteiger partial charge in [0.25, 0.3) is 0 Å². The number of carbonyl (C=O) groups excluding carboxylic acids is 2. The SMILES string of the molecule is CCc1cc2c(c([N+](=O)[O-])c1Cl)=NC(=O)C(=O)N=2. The van der Waals surface area contributed by atoms with Gasteiger partial charge in [-0.15, -0.1) is 0 Å². The van der Waals surface area contributed by atoms with Crippen molar-refractivity contribution in [1.29, 1.82) is 0 Å². The van der Waals surface area contributed by atoms with Gasteiger partial charge in [0, 0.05) is 0 Å². The molecule has 1 aliphatic rings. The van der Waals surface area contributed by atoms with Crippen molar-refractivity contribution in [2.45, 2.75) is 13.3 Å². The Labute approximate surface area is 105 Å². The summed E-state index contributed by atoms with van der Waals surface area (Å²) in [6.07, 6.45) is 0.435.